The quantitative estimate of drug-likeness (QED) is 0.725. The summed E-state index contributed by atoms with van der Waals surface area (Å²) in [7, 11) is 0. The van der Waals surface area contributed by atoms with Gasteiger partial charge in [0.05, 0.1) is 11.3 Å². The number of anilines is 1. The van der Waals surface area contributed by atoms with Gasteiger partial charge in [0.25, 0.3) is 5.91 Å². The highest BCUT2D eigenvalue weighted by molar-refractivity contribution is 5.94. The molecule has 2 aromatic heterocycles. The summed E-state index contributed by atoms with van der Waals surface area (Å²) in [6.45, 7) is 1.51. The lowest BCUT2D eigenvalue weighted by molar-refractivity contribution is 0.0940. The first-order valence-electron chi connectivity index (χ1n) is 10.3. The molecule has 2 aliphatic rings. The van der Waals surface area contributed by atoms with E-state index in [1.54, 1.807) is 24.3 Å². The Morgan fingerprint density at radius 3 is 2.90 bits per heavy atom. The molecule has 1 aliphatic carbocycles. The van der Waals surface area contributed by atoms with Crippen molar-refractivity contribution >= 4 is 11.9 Å². The maximum absolute atomic E-state index is 13.4. The topological polar surface area (TPSA) is 71.0 Å². The van der Waals surface area contributed by atoms with E-state index in [-0.39, 0.29) is 17.8 Å². The van der Waals surface area contributed by atoms with Gasteiger partial charge in [-0.1, -0.05) is 12.1 Å². The lowest BCUT2D eigenvalue weighted by atomic mass is 10.1. The van der Waals surface area contributed by atoms with Gasteiger partial charge in [0.15, 0.2) is 0 Å². The minimum Gasteiger partial charge on any atom is -0.347 e. The number of benzene rings is 1. The van der Waals surface area contributed by atoms with Crippen molar-refractivity contribution in [2.75, 3.05) is 18.0 Å². The average molecular weight is 403 g/mol. The molecular formula is C23H22FN5O. The van der Waals surface area contributed by atoms with Gasteiger partial charge in [-0.05, 0) is 55.5 Å². The van der Waals surface area contributed by atoms with Crippen LogP contribution in [0.15, 0.2) is 48.8 Å². The standard InChI is InChI=1S/C23H22FN5O/c24-18-5-1-3-15(11-18)20-8-7-17(13-25-20)22(30)27-19-9-10-29(14-19)23-26-12-16-4-2-6-21(16)28-23/h1,3,5,7-8,11-13,19H,2,4,6,9-10,14H2,(H,27,30). The summed E-state index contributed by atoms with van der Waals surface area (Å²) < 4.78 is 13.4. The van der Waals surface area contributed by atoms with Gasteiger partial charge < -0.3 is 10.2 Å². The van der Waals surface area contributed by atoms with Crippen LogP contribution in [0, 0.1) is 5.82 Å². The van der Waals surface area contributed by atoms with Crippen molar-refractivity contribution in [3.63, 3.8) is 0 Å². The molecule has 1 amide bonds. The highest BCUT2D eigenvalue weighted by Crippen LogP contribution is 2.23. The third-order valence-electron chi connectivity index (χ3n) is 5.75. The fraction of sp³-hybridized carbons (Fsp3) is 0.304. The highest BCUT2D eigenvalue weighted by Gasteiger charge is 2.27. The molecule has 1 aliphatic heterocycles. The molecule has 1 unspecified atom stereocenters. The van der Waals surface area contributed by atoms with Crippen LogP contribution in [0.3, 0.4) is 0 Å². The number of nitrogens with zero attached hydrogens (tertiary/aromatic N) is 4. The van der Waals surface area contributed by atoms with E-state index in [1.165, 1.54) is 23.9 Å². The fourth-order valence-electron chi connectivity index (χ4n) is 4.13. The number of pyridine rings is 1. The van der Waals surface area contributed by atoms with Crippen molar-refractivity contribution < 1.29 is 9.18 Å². The van der Waals surface area contributed by atoms with Crippen molar-refractivity contribution in [3.8, 4) is 11.3 Å². The van der Waals surface area contributed by atoms with Crippen LogP contribution in [0.2, 0.25) is 0 Å². The van der Waals surface area contributed by atoms with E-state index in [4.69, 9.17) is 4.98 Å². The van der Waals surface area contributed by atoms with Gasteiger partial charge >= 0.3 is 0 Å². The summed E-state index contributed by atoms with van der Waals surface area (Å²) >= 11 is 0. The maximum Gasteiger partial charge on any atom is 0.253 e. The van der Waals surface area contributed by atoms with E-state index < -0.39 is 0 Å². The number of fused-ring (bicyclic) bond motifs is 1. The van der Waals surface area contributed by atoms with Crippen molar-refractivity contribution in [3.05, 3.63) is 71.4 Å². The number of rotatable bonds is 4. The molecule has 1 atom stereocenters. The zero-order valence-corrected chi connectivity index (χ0v) is 16.5. The molecule has 0 bridgehead atoms. The number of hydrogen-bond donors (Lipinski definition) is 1. The molecule has 6 nitrogen and oxygen atoms in total. The minimum atomic E-state index is -0.311. The van der Waals surface area contributed by atoms with Crippen molar-refractivity contribution in [2.24, 2.45) is 0 Å². The molecule has 1 saturated heterocycles. The van der Waals surface area contributed by atoms with Crippen molar-refractivity contribution in [2.45, 2.75) is 31.7 Å². The number of amides is 1. The number of aryl methyl sites for hydroxylation is 2. The first-order valence-corrected chi connectivity index (χ1v) is 10.3. The van der Waals surface area contributed by atoms with Crippen molar-refractivity contribution in [1.82, 2.24) is 20.3 Å². The Kier molecular flexibility index (Phi) is 4.86. The van der Waals surface area contributed by atoms with Gasteiger partial charge in [0, 0.05) is 42.8 Å². The third kappa shape index (κ3) is 3.75. The molecule has 3 heterocycles. The first kappa shape index (κ1) is 18.7. The Morgan fingerprint density at radius 1 is 1.13 bits per heavy atom. The molecule has 152 valence electrons. The van der Waals surface area contributed by atoms with E-state index in [1.807, 2.05) is 6.20 Å². The monoisotopic (exact) mass is 403 g/mol. The van der Waals surface area contributed by atoms with Crippen molar-refractivity contribution in [1.29, 1.82) is 0 Å². The zero-order valence-electron chi connectivity index (χ0n) is 16.5. The molecule has 7 heteroatoms. The van der Waals surface area contributed by atoms with Gasteiger partial charge in [-0.15, -0.1) is 0 Å². The Labute approximate surface area is 174 Å². The Bertz CT molecular complexity index is 1090. The molecule has 1 aromatic carbocycles. The van der Waals surface area contributed by atoms with Crippen LogP contribution in [0.4, 0.5) is 10.3 Å². The van der Waals surface area contributed by atoms with E-state index >= 15 is 0 Å². The lowest BCUT2D eigenvalue weighted by Crippen LogP contribution is -2.37. The molecule has 5 rings (SSSR count). The highest BCUT2D eigenvalue weighted by atomic mass is 19.1. The molecule has 30 heavy (non-hydrogen) atoms. The Hall–Kier alpha value is -3.35. The summed E-state index contributed by atoms with van der Waals surface area (Å²) in [5.74, 6) is 0.290. The van der Waals surface area contributed by atoms with Crippen LogP contribution in [0.1, 0.15) is 34.5 Å². The minimum absolute atomic E-state index is 0.0391. The van der Waals surface area contributed by atoms with E-state index in [2.05, 4.69) is 20.2 Å². The van der Waals surface area contributed by atoms with Crippen LogP contribution < -0.4 is 10.2 Å². The summed E-state index contributed by atoms with van der Waals surface area (Å²) in [5.41, 5.74) is 4.23. The number of aromatic nitrogens is 3. The third-order valence-corrected chi connectivity index (χ3v) is 5.75. The van der Waals surface area contributed by atoms with Gasteiger partial charge in [-0.25, -0.2) is 14.4 Å². The first-order chi connectivity index (χ1) is 14.7. The number of carbonyl (C=O) groups excluding carboxylic acids is 1. The SMILES string of the molecule is O=C(NC1CCN(c2ncc3c(n2)CCC3)C1)c1ccc(-c2cccc(F)c2)nc1. The van der Waals surface area contributed by atoms with Crippen LogP contribution in [-0.4, -0.2) is 40.0 Å². The van der Waals surface area contributed by atoms with Crippen LogP contribution >= 0.6 is 0 Å². The maximum atomic E-state index is 13.4. The molecule has 3 aromatic rings. The fourth-order valence-corrected chi connectivity index (χ4v) is 4.13. The largest absolute Gasteiger partial charge is 0.347 e. The van der Waals surface area contributed by atoms with Gasteiger partial charge in [-0.3, -0.25) is 9.78 Å². The number of halogens is 1. The predicted molar refractivity (Wildman–Crippen MR) is 112 cm³/mol. The molecule has 1 N–H and O–H groups in total. The second-order valence-electron chi connectivity index (χ2n) is 7.84. The summed E-state index contributed by atoms with van der Waals surface area (Å²) in [6.07, 6.45) is 7.57. The van der Waals surface area contributed by atoms with E-state index in [0.29, 0.717) is 23.4 Å². The van der Waals surface area contributed by atoms with Gasteiger partial charge in [0.1, 0.15) is 5.82 Å². The predicted octanol–water partition coefficient (Wildman–Crippen LogP) is 3.18. The molecule has 0 saturated carbocycles. The number of nitrogens with one attached hydrogen (secondary N) is 1. The van der Waals surface area contributed by atoms with Crippen LogP contribution in [0.5, 0.6) is 0 Å². The lowest BCUT2D eigenvalue weighted by Gasteiger charge is -2.17. The summed E-state index contributed by atoms with van der Waals surface area (Å²) in [6, 6.07) is 9.75. The second-order valence-corrected chi connectivity index (χ2v) is 7.84. The van der Waals surface area contributed by atoms with E-state index in [9.17, 15) is 9.18 Å². The molecule has 0 radical (unpaired) electrons. The number of carbonyl (C=O) groups is 1. The number of hydrogen-bond acceptors (Lipinski definition) is 5. The molecule has 0 spiro atoms. The summed E-state index contributed by atoms with van der Waals surface area (Å²) in [4.78, 5) is 28.3. The van der Waals surface area contributed by atoms with Gasteiger partial charge in [-0.2, -0.15) is 0 Å². The average Bonchev–Trinajstić information content (AvgIpc) is 3.42. The normalized spacial score (nSPS) is 17.8. The Balaban J connectivity index is 1.22. The molecular weight excluding hydrogens is 381 g/mol. The summed E-state index contributed by atoms with van der Waals surface area (Å²) in [5, 5.41) is 3.08. The Morgan fingerprint density at radius 2 is 2.07 bits per heavy atom. The smallest absolute Gasteiger partial charge is 0.253 e. The second kappa shape index (κ2) is 7.82. The molecule has 1 fully saturated rings. The van der Waals surface area contributed by atoms with E-state index in [0.717, 1.165) is 43.9 Å². The van der Waals surface area contributed by atoms with Crippen LogP contribution in [0.25, 0.3) is 11.3 Å². The zero-order chi connectivity index (χ0) is 20.5. The van der Waals surface area contributed by atoms with Gasteiger partial charge in [0.2, 0.25) is 5.95 Å². The van der Waals surface area contributed by atoms with Crippen LogP contribution in [-0.2, 0) is 12.8 Å².